The van der Waals surface area contributed by atoms with Gasteiger partial charge in [0.1, 0.15) is 0 Å². The molecule has 3 nitrogen and oxygen atoms in total. The lowest BCUT2D eigenvalue weighted by Crippen LogP contribution is -2.35. The average Bonchev–Trinajstić information content (AvgIpc) is 2.33. The highest BCUT2D eigenvalue weighted by molar-refractivity contribution is 5.46. The first kappa shape index (κ1) is 15.4. The van der Waals surface area contributed by atoms with Crippen molar-refractivity contribution in [2.45, 2.75) is 39.5 Å². The largest absolute Gasteiger partial charge is 0.344 e. The van der Waals surface area contributed by atoms with Crippen LogP contribution in [0, 0.1) is 6.92 Å². The van der Waals surface area contributed by atoms with Crippen molar-refractivity contribution in [3.05, 3.63) is 6.92 Å². The van der Waals surface area contributed by atoms with E-state index in [-0.39, 0.29) is 0 Å². The number of amides is 1. The van der Waals surface area contributed by atoms with Gasteiger partial charge < -0.3 is 9.80 Å². The van der Waals surface area contributed by atoms with Crippen LogP contribution in [0.1, 0.15) is 39.5 Å². The van der Waals surface area contributed by atoms with Gasteiger partial charge in [-0.1, -0.05) is 26.7 Å². The standard InChI is InChI=1S/C13H27N2O/c1-4-7-9-14(6-3)11-12-15(13-16)10-8-5-2/h13H,3-12H2,1-2H3. The van der Waals surface area contributed by atoms with Gasteiger partial charge in [-0.3, -0.25) is 4.79 Å². The maximum atomic E-state index is 10.8. The summed E-state index contributed by atoms with van der Waals surface area (Å²) in [5, 5.41) is 0. The van der Waals surface area contributed by atoms with Gasteiger partial charge in [0.05, 0.1) is 0 Å². The second-order valence-electron chi connectivity index (χ2n) is 4.19. The van der Waals surface area contributed by atoms with Crippen molar-refractivity contribution < 1.29 is 4.79 Å². The van der Waals surface area contributed by atoms with Crippen molar-refractivity contribution in [1.82, 2.24) is 9.80 Å². The van der Waals surface area contributed by atoms with Crippen molar-refractivity contribution in [2.75, 3.05) is 32.7 Å². The molecule has 1 amide bonds. The first-order valence-corrected chi connectivity index (χ1v) is 6.49. The normalized spacial score (nSPS) is 10.8. The first-order chi connectivity index (χ1) is 7.78. The molecule has 0 N–H and O–H groups in total. The number of hydrogen-bond acceptors (Lipinski definition) is 2. The van der Waals surface area contributed by atoms with Crippen LogP contribution < -0.4 is 0 Å². The Hall–Kier alpha value is -0.570. The summed E-state index contributed by atoms with van der Waals surface area (Å²) in [6, 6.07) is 0. The van der Waals surface area contributed by atoms with E-state index in [0.29, 0.717) is 0 Å². The topological polar surface area (TPSA) is 23.6 Å². The molecule has 0 rings (SSSR count). The van der Waals surface area contributed by atoms with Gasteiger partial charge in [0.25, 0.3) is 0 Å². The van der Waals surface area contributed by atoms with Crippen molar-refractivity contribution in [2.24, 2.45) is 0 Å². The minimum atomic E-state index is 0.834. The molecule has 0 aliphatic rings. The molecule has 0 aliphatic heterocycles. The van der Waals surface area contributed by atoms with E-state index in [1.54, 1.807) is 0 Å². The fourth-order valence-corrected chi connectivity index (χ4v) is 1.57. The molecule has 0 aromatic heterocycles. The van der Waals surface area contributed by atoms with Crippen molar-refractivity contribution in [3.63, 3.8) is 0 Å². The summed E-state index contributed by atoms with van der Waals surface area (Å²) in [6.45, 7) is 12.9. The lowest BCUT2D eigenvalue weighted by Gasteiger charge is -2.24. The SMILES string of the molecule is [CH2]CN(CCCC)CCN(C=O)CCCC. The molecule has 0 saturated carbocycles. The first-order valence-electron chi connectivity index (χ1n) is 6.49. The van der Waals surface area contributed by atoms with E-state index in [1.165, 1.54) is 12.8 Å². The van der Waals surface area contributed by atoms with E-state index in [9.17, 15) is 4.79 Å². The number of carbonyl (C=O) groups excluding carboxylic acids is 1. The Morgan fingerprint density at radius 2 is 1.62 bits per heavy atom. The summed E-state index contributed by atoms with van der Waals surface area (Å²) in [7, 11) is 0. The Morgan fingerprint density at radius 1 is 1.00 bits per heavy atom. The highest BCUT2D eigenvalue weighted by Crippen LogP contribution is 1.97. The van der Waals surface area contributed by atoms with Crippen LogP contribution in [0.5, 0.6) is 0 Å². The van der Waals surface area contributed by atoms with Gasteiger partial charge in [0.2, 0.25) is 6.41 Å². The highest BCUT2D eigenvalue weighted by atomic mass is 16.1. The summed E-state index contributed by atoms with van der Waals surface area (Å²) >= 11 is 0. The quantitative estimate of drug-likeness (QED) is 0.505. The predicted octanol–water partition coefficient (Wildman–Crippen LogP) is 2.18. The third kappa shape index (κ3) is 7.69. The van der Waals surface area contributed by atoms with E-state index < -0.39 is 0 Å². The van der Waals surface area contributed by atoms with Gasteiger partial charge in [-0.15, -0.1) is 0 Å². The van der Waals surface area contributed by atoms with Gasteiger partial charge >= 0.3 is 0 Å². The van der Waals surface area contributed by atoms with Crippen LogP contribution >= 0.6 is 0 Å². The predicted molar refractivity (Wildman–Crippen MR) is 69.3 cm³/mol. The van der Waals surface area contributed by atoms with Crippen LogP contribution in [0.3, 0.4) is 0 Å². The summed E-state index contributed by atoms with van der Waals surface area (Å²) in [5.74, 6) is 0. The summed E-state index contributed by atoms with van der Waals surface area (Å²) < 4.78 is 0. The van der Waals surface area contributed by atoms with Crippen LogP contribution in [0.25, 0.3) is 0 Å². The molecule has 0 aromatic carbocycles. The Bertz CT molecular complexity index is 162. The lowest BCUT2D eigenvalue weighted by molar-refractivity contribution is -0.118. The van der Waals surface area contributed by atoms with E-state index in [4.69, 9.17) is 0 Å². The van der Waals surface area contributed by atoms with Crippen molar-refractivity contribution in [3.8, 4) is 0 Å². The minimum Gasteiger partial charge on any atom is -0.344 e. The summed E-state index contributed by atoms with van der Waals surface area (Å²) in [5.41, 5.74) is 0. The highest BCUT2D eigenvalue weighted by Gasteiger charge is 2.05. The maximum absolute atomic E-state index is 10.8. The molecule has 0 bridgehead atoms. The van der Waals surface area contributed by atoms with Crippen LogP contribution in [0.4, 0.5) is 0 Å². The summed E-state index contributed by atoms with van der Waals surface area (Å²) in [4.78, 5) is 15.0. The van der Waals surface area contributed by atoms with Crippen LogP contribution in [-0.4, -0.2) is 48.9 Å². The van der Waals surface area contributed by atoms with E-state index in [2.05, 4.69) is 25.7 Å². The molecule has 1 radical (unpaired) electrons. The number of hydrogen-bond donors (Lipinski definition) is 0. The zero-order chi connectivity index (χ0) is 12.2. The number of unbranched alkanes of at least 4 members (excludes halogenated alkanes) is 2. The Balaban J connectivity index is 3.73. The van der Waals surface area contributed by atoms with E-state index >= 15 is 0 Å². The maximum Gasteiger partial charge on any atom is 0.209 e. The minimum absolute atomic E-state index is 0.834. The van der Waals surface area contributed by atoms with E-state index in [0.717, 1.165) is 52.0 Å². The van der Waals surface area contributed by atoms with Gasteiger partial charge in [-0.05, 0) is 32.9 Å². The number of nitrogens with zero attached hydrogens (tertiary/aromatic N) is 2. The number of carbonyl (C=O) groups is 1. The van der Waals surface area contributed by atoms with Crippen LogP contribution in [0.2, 0.25) is 0 Å². The molecule has 0 aliphatic carbocycles. The Labute approximate surface area is 101 Å². The average molecular weight is 227 g/mol. The zero-order valence-electron chi connectivity index (χ0n) is 11.0. The molecular formula is C13H27N2O. The third-order valence-electron chi connectivity index (χ3n) is 2.80. The van der Waals surface area contributed by atoms with E-state index in [1.807, 2.05) is 4.90 Å². The molecule has 0 aromatic rings. The third-order valence-corrected chi connectivity index (χ3v) is 2.80. The molecule has 0 fully saturated rings. The molecule has 3 heteroatoms. The smallest absolute Gasteiger partial charge is 0.209 e. The fraction of sp³-hybridized carbons (Fsp3) is 0.846. The second kappa shape index (κ2) is 10.9. The van der Waals surface area contributed by atoms with Crippen LogP contribution in [-0.2, 0) is 4.79 Å². The van der Waals surface area contributed by atoms with Gasteiger partial charge in [-0.2, -0.15) is 0 Å². The van der Waals surface area contributed by atoms with Crippen molar-refractivity contribution >= 4 is 6.41 Å². The molecular weight excluding hydrogens is 200 g/mol. The van der Waals surface area contributed by atoms with Gasteiger partial charge in [0, 0.05) is 19.6 Å². The van der Waals surface area contributed by atoms with Crippen molar-refractivity contribution in [1.29, 1.82) is 0 Å². The molecule has 0 spiro atoms. The molecule has 16 heavy (non-hydrogen) atoms. The van der Waals surface area contributed by atoms with Crippen LogP contribution in [0.15, 0.2) is 0 Å². The van der Waals surface area contributed by atoms with Gasteiger partial charge in [0.15, 0.2) is 0 Å². The Kier molecular flexibility index (Phi) is 10.5. The van der Waals surface area contributed by atoms with Gasteiger partial charge in [-0.25, -0.2) is 0 Å². The second-order valence-corrected chi connectivity index (χ2v) is 4.19. The lowest BCUT2D eigenvalue weighted by atomic mass is 10.3. The monoisotopic (exact) mass is 227 g/mol. The molecule has 0 saturated heterocycles. The Morgan fingerprint density at radius 3 is 2.12 bits per heavy atom. The number of rotatable bonds is 11. The molecule has 95 valence electrons. The molecule has 0 atom stereocenters. The molecule has 0 heterocycles. The fourth-order valence-electron chi connectivity index (χ4n) is 1.57. The summed E-state index contributed by atoms with van der Waals surface area (Å²) in [6.07, 6.45) is 5.63. The zero-order valence-corrected chi connectivity index (χ0v) is 11.0. The molecule has 0 unspecified atom stereocenters.